The van der Waals surface area contributed by atoms with Crippen molar-refractivity contribution in [3.8, 4) is 28.6 Å². The number of anilines is 1. The van der Waals surface area contributed by atoms with Gasteiger partial charge in [0.2, 0.25) is 18.0 Å². The van der Waals surface area contributed by atoms with Crippen LogP contribution in [0.1, 0.15) is 0 Å². The van der Waals surface area contributed by atoms with Crippen molar-refractivity contribution in [3.63, 3.8) is 0 Å². The zero-order valence-electron chi connectivity index (χ0n) is 11.3. The summed E-state index contributed by atoms with van der Waals surface area (Å²) in [6.07, 6.45) is 0. The maximum Gasteiger partial charge on any atom is 0.235 e. The summed E-state index contributed by atoms with van der Waals surface area (Å²) in [5.74, 6) is 0.772. The van der Waals surface area contributed by atoms with Gasteiger partial charge in [-0.05, 0) is 36.4 Å². The average molecular weight is 297 g/mol. The summed E-state index contributed by atoms with van der Waals surface area (Å²) in [5, 5.41) is 10.4. The summed E-state index contributed by atoms with van der Waals surface area (Å²) >= 11 is 0. The summed E-state index contributed by atoms with van der Waals surface area (Å²) in [7, 11) is 0. The number of nitrogens with two attached hydrogens (primary N) is 1. The molecule has 1 aliphatic heterocycles. The highest BCUT2D eigenvalue weighted by Crippen LogP contribution is 2.38. The van der Waals surface area contributed by atoms with Crippen LogP contribution in [-0.2, 0) is 0 Å². The van der Waals surface area contributed by atoms with Crippen LogP contribution in [0.3, 0.4) is 0 Å². The van der Waals surface area contributed by atoms with Crippen molar-refractivity contribution < 1.29 is 19.0 Å². The second-order valence-corrected chi connectivity index (χ2v) is 4.93. The SMILES string of the molecule is Nc1ccc2oc(-c3ccc4c(c3)OCO4)c(O)c(=O)c2c1. The van der Waals surface area contributed by atoms with Crippen molar-refractivity contribution in [2.45, 2.75) is 0 Å². The van der Waals surface area contributed by atoms with Gasteiger partial charge in [-0.2, -0.15) is 0 Å². The van der Waals surface area contributed by atoms with Crippen LogP contribution in [0, 0.1) is 0 Å². The van der Waals surface area contributed by atoms with Crippen LogP contribution in [0.4, 0.5) is 5.69 Å². The Balaban J connectivity index is 1.97. The van der Waals surface area contributed by atoms with Gasteiger partial charge in [0.15, 0.2) is 17.3 Å². The number of ether oxygens (including phenoxy) is 2. The first-order valence-electron chi connectivity index (χ1n) is 6.59. The first kappa shape index (κ1) is 12.6. The molecule has 0 atom stereocenters. The van der Waals surface area contributed by atoms with E-state index in [9.17, 15) is 9.90 Å². The summed E-state index contributed by atoms with van der Waals surface area (Å²) in [6.45, 7) is 0.145. The minimum Gasteiger partial charge on any atom is -0.502 e. The summed E-state index contributed by atoms with van der Waals surface area (Å²) in [6, 6.07) is 9.75. The summed E-state index contributed by atoms with van der Waals surface area (Å²) in [4.78, 5) is 12.3. The van der Waals surface area contributed by atoms with Crippen molar-refractivity contribution in [3.05, 3.63) is 46.6 Å². The molecule has 0 unspecified atom stereocenters. The Bertz CT molecular complexity index is 961. The third-order valence-corrected chi connectivity index (χ3v) is 3.53. The van der Waals surface area contributed by atoms with Crippen LogP contribution in [0.5, 0.6) is 17.2 Å². The quantitative estimate of drug-likeness (QED) is 0.670. The Morgan fingerprint density at radius 1 is 1.05 bits per heavy atom. The minimum absolute atomic E-state index is 0.0839. The lowest BCUT2D eigenvalue weighted by atomic mass is 10.1. The largest absolute Gasteiger partial charge is 0.502 e. The molecule has 0 fully saturated rings. The van der Waals surface area contributed by atoms with Gasteiger partial charge in [-0.15, -0.1) is 0 Å². The van der Waals surface area contributed by atoms with Crippen LogP contribution in [-0.4, -0.2) is 11.9 Å². The minimum atomic E-state index is -0.527. The maximum absolute atomic E-state index is 12.3. The Hall–Kier alpha value is -3.15. The maximum atomic E-state index is 12.3. The second-order valence-electron chi connectivity index (χ2n) is 4.93. The molecule has 22 heavy (non-hydrogen) atoms. The Kier molecular flexibility index (Phi) is 2.53. The second kappa shape index (κ2) is 4.42. The van der Waals surface area contributed by atoms with E-state index in [0.717, 1.165) is 0 Å². The number of aromatic hydroxyl groups is 1. The molecule has 0 amide bonds. The number of hydrogen-bond acceptors (Lipinski definition) is 6. The van der Waals surface area contributed by atoms with Crippen molar-refractivity contribution >= 4 is 16.7 Å². The van der Waals surface area contributed by atoms with Crippen LogP contribution in [0.2, 0.25) is 0 Å². The molecule has 0 saturated heterocycles. The van der Waals surface area contributed by atoms with E-state index in [2.05, 4.69) is 0 Å². The molecule has 0 aliphatic carbocycles. The van der Waals surface area contributed by atoms with Gasteiger partial charge in [0.05, 0.1) is 5.39 Å². The molecule has 0 bridgehead atoms. The third-order valence-electron chi connectivity index (χ3n) is 3.53. The fraction of sp³-hybridized carbons (Fsp3) is 0.0625. The summed E-state index contributed by atoms with van der Waals surface area (Å²) < 4.78 is 16.2. The highest BCUT2D eigenvalue weighted by atomic mass is 16.7. The van der Waals surface area contributed by atoms with E-state index in [1.807, 2.05) is 0 Å². The summed E-state index contributed by atoms with van der Waals surface area (Å²) in [5.41, 5.74) is 6.44. The number of hydrogen-bond donors (Lipinski definition) is 2. The van der Waals surface area contributed by atoms with Crippen molar-refractivity contribution in [1.82, 2.24) is 0 Å². The highest BCUT2D eigenvalue weighted by molar-refractivity contribution is 5.84. The lowest BCUT2D eigenvalue weighted by molar-refractivity contribution is 0.174. The normalized spacial score (nSPS) is 12.7. The average Bonchev–Trinajstić information content (AvgIpc) is 2.99. The number of nitrogen functional groups attached to an aromatic ring is 1. The molecule has 0 radical (unpaired) electrons. The Morgan fingerprint density at radius 3 is 2.73 bits per heavy atom. The Labute approximate surface area is 124 Å². The number of rotatable bonds is 1. The van der Waals surface area contributed by atoms with E-state index < -0.39 is 11.2 Å². The fourth-order valence-corrected chi connectivity index (χ4v) is 2.44. The molecule has 6 heteroatoms. The molecule has 3 N–H and O–H groups in total. The van der Waals surface area contributed by atoms with E-state index in [1.54, 1.807) is 30.3 Å². The third kappa shape index (κ3) is 1.77. The molecular weight excluding hydrogens is 286 g/mol. The fourth-order valence-electron chi connectivity index (χ4n) is 2.44. The van der Waals surface area contributed by atoms with Crippen LogP contribution >= 0.6 is 0 Å². The first-order valence-corrected chi connectivity index (χ1v) is 6.59. The molecule has 6 nitrogen and oxygen atoms in total. The molecule has 110 valence electrons. The molecule has 4 rings (SSSR count). The standard InChI is InChI=1S/C16H11NO5/c17-9-2-4-11-10(6-9)14(18)15(19)16(22-11)8-1-3-12-13(5-8)21-7-20-12/h1-6,19H,7,17H2. The molecule has 3 aromatic rings. The molecule has 1 aromatic heterocycles. The van der Waals surface area contributed by atoms with E-state index >= 15 is 0 Å². The van der Waals surface area contributed by atoms with E-state index in [4.69, 9.17) is 19.6 Å². The van der Waals surface area contributed by atoms with Gasteiger partial charge in [0.1, 0.15) is 5.58 Å². The molecule has 0 saturated carbocycles. The monoisotopic (exact) mass is 297 g/mol. The molecular formula is C16H11NO5. The van der Waals surface area contributed by atoms with E-state index in [-0.39, 0.29) is 17.9 Å². The van der Waals surface area contributed by atoms with Gasteiger partial charge in [0.25, 0.3) is 0 Å². The van der Waals surface area contributed by atoms with Crippen LogP contribution in [0.25, 0.3) is 22.3 Å². The molecule has 2 aromatic carbocycles. The van der Waals surface area contributed by atoms with E-state index in [0.29, 0.717) is 28.3 Å². The number of benzene rings is 2. The smallest absolute Gasteiger partial charge is 0.235 e. The van der Waals surface area contributed by atoms with Gasteiger partial charge < -0.3 is 24.7 Å². The zero-order valence-corrected chi connectivity index (χ0v) is 11.3. The number of fused-ring (bicyclic) bond motifs is 2. The van der Waals surface area contributed by atoms with Gasteiger partial charge >= 0.3 is 0 Å². The Morgan fingerprint density at radius 2 is 1.86 bits per heavy atom. The van der Waals surface area contributed by atoms with Crippen molar-refractivity contribution in [2.75, 3.05) is 12.5 Å². The van der Waals surface area contributed by atoms with Gasteiger partial charge in [-0.25, -0.2) is 0 Å². The lowest BCUT2D eigenvalue weighted by Crippen LogP contribution is -2.03. The predicted octanol–water partition coefficient (Wildman–Crippen LogP) is 2.48. The highest BCUT2D eigenvalue weighted by Gasteiger charge is 2.19. The van der Waals surface area contributed by atoms with Crippen LogP contribution in [0.15, 0.2) is 45.6 Å². The van der Waals surface area contributed by atoms with Crippen LogP contribution < -0.4 is 20.6 Å². The topological polar surface area (TPSA) is 94.9 Å². The molecule has 1 aliphatic rings. The van der Waals surface area contributed by atoms with Crippen molar-refractivity contribution in [2.24, 2.45) is 0 Å². The first-order chi connectivity index (χ1) is 10.6. The predicted molar refractivity (Wildman–Crippen MR) is 80.1 cm³/mol. The van der Waals surface area contributed by atoms with E-state index in [1.165, 1.54) is 6.07 Å². The molecule has 2 heterocycles. The zero-order chi connectivity index (χ0) is 15.3. The molecule has 0 spiro atoms. The van der Waals surface area contributed by atoms with Gasteiger partial charge in [-0.1, -0.05) is 0 Å². The van der Waals surface area contributed by atoms with Gasteiger partial charge in [-0.3, -0.25) is 4.79 Å². The lowest BCUT2D eigenvalue weighted by Gasteiger charge is -2.07. The van der Waals surface area contributed by atoms with Gasteiger partial charge in [0, 0.05) is 11.3 Å². The van der Waals surface area contributed by atoms with Crippen molar-refractivity contribution in [1.29, 1.82) is 0 Å².